The zero-order valence-electron chi connectivity index (χ0n) is 11.8. The monoisotopic (exact) mass is 259 g/mol. The Labute approximate surface area is 115 Å². The number of carbonyl (C=O) groups is 1. The molecule has 1 aromatic rings. The van der Waals surface area contributed by atoms with Gasteiger partial charge in [0.15, 0.2) is 0 Å². The largest absolute Gasteiger partial charge is 0.324 e. The van der Waals surface area contributed by atoms with Gasteiger partial charge in [0.1, 0.15) is 6.07 Å². The van der Waals surface area contributed by atoms with Gasteiger partial charge in [-0.3, -0.25) is 9.69 Å². The third kappa shape index (κ3) is 4.38. The van der Waals surface area contributed by atoms with Crippen LogP contribution in [0.4, 0.5) is 5.69 Å². The fourth-order valence-corrected chi connectivity index (χ4v) is 1.90. The van der Waals surface area contributed by atoms with E-state index in [0.29, 0.717) is 23.8 Å². The van der Waals surface area contributed by atoms with Crippen molar-refractivity contribution in [1.29, 1.82) is 5.26 Å². The highest BCUT2D eigenvalue weighted by Crippen LogP contribution is 2.13. The van der Waals surface area contributed by atoms with E-state index in [1.165, 1.54) is 0 Å². The minimum atomic E-state index is -0.0788. The predicted molar refractivity (Wildman–Crippen MR) is 76.8 cm³/mol. The topological polar surface area (TPSA) is 56.1 Å². The normalized spacial score (nSPS) is 11.9. The van der Waals surface area contributed by atoms with Crippen LogP contribution in [0.25, 0.3) is 0 Å². The first-order valence-corrected chi connectivity index (χ1v) is 6.65. The Balaban J connectivity index is 2.67. The molecule has 1 aromatic carbocycles. The first-order valence-electron chi connectivity index (χ1n) is 6.65. The highest BCUT2D eigenvalue weighted by atomic mass is 16.2. The zero-order chi connectivity index (χ0) is 14.3. The summed E-state index contributed by atoms with van der Waals surface area (Å²) in [5.74, 6) is -0.0788. The molecule has 0 bridgehead atoms. The van der Waals surface area contributed by atoms with E-state index < -0.39 is 0 Å². The molecule has 1 atom stereocenters. The number of hydrogen-bond donors (Lipinski definition) is 1. The number of carbonyl (C=O) groups excluding carboxylic acids is 1. The smallest absolute Gasteiger partial charge is 0.238 e. The number of hydrogen-bond acceptors (Lipinski definition) is 3. The van der Waals surface area contributed by atoms with Crippen LogP contribution in [0.15, 0.2) is 24.3 Å². The van der Waals surface area contributed by atoms with E-state index in [4.69, 9.17) is 5.26 Å². The first kappa shape index (κ1) is 15.2. The summed E-state index contributed by atoms with van der Waals surface area (Å²) < 4.78 is 0. The van der Waals surface area contributed by atoms with Crippen LogP contribution in [0.5, 0.6) is 0 Å². The summed E-state index contributed by atoms with van der Waals surface area (Å²) in [5.41, 5.74) is 1.07. The van der Waals surface area contributed by atoms with Crippen LogP contribution in [0.3, 0.4) is 0 Å². The van der Waals surface area contributed by atoms with Crippen molar-refractivity contribution in [2.75, 3.05) is 18.4 Å². The van der Waals surface area contributed by atoms with Gasteiger partial charge < -0.3 is 5.32 Å². The van der Waals surface area contributed by atoms with Crippen molar-refractivity contribution < 1.29 is 4.79 Å². The fourth-order valence-electron chi connectivity index (χ4n) is 1.90. The van der Waals surface area contributed by atoms with Gasteiger partial charge >= 0.3 is 0 Å². The Morgan fingerprint density at radius 3 is 2.68 bits per heavy atom. The minimum absolute atomic E-state index is 0.0788. The summed E-state index contributed by atoms with van der Waals surface area (Å²) >= 11 is 0. The molecule has 0 saturated heterocycles. The van der Waals surface area contributed by atoms with E-state index in [9.17, 15) is 4.79 Å². The number of nitrogens with one attached hydrogen (secondary N) is 1. The van der Waals surface area contributed by atoms with Gasteiger partial charge in [-0.15, -0.1) is 0 Å². The molecule has 4 heteroatoms. The van der Waals surface area contributed by atoms with Gasteiger partial charge in [-0.1, -0.05) is 26.0 Å². The first-order chi connectivity index (χ1) is 9.12. The van der Waals surface area contributed by atoms with Gasteiger partial charge in [-0.25, -0.2) is 0 Å². The molecule has 0 radical (unpaired) electrons. The van der Waals surface area contributed by atoms with E-state index >= 15 is 0 Å². The summed E-state index contributed by atoms with van der Waals surface area (Å²) in [5, 5.41) is 11.8. The summed E-state index contributed by atoms with van der Waals surface area (Å²) in [6.45, 7) is 7.45. The fraction of sp³-hybridized carbons (Fsp3) is 0.467. The molecule has 0 aliphatic rings. The van der Waals surface area contributed by atoms with Gasteiger partial charge in [-0.05, 0) is 32.0 Å². The lowest BCUT2D eigenvalue weighted by Crippen LogP contribution is -2.39. The molecule has 102 valence electrons. The number of benzene rings is 1. The number of likely N-dealkylation sites (N-methyl/N-ethyl adjacent to an activating group) is 1. The molecule has 0 aromatic heterocycles. The van der Waals surface area contributed by atoms with E-state index in [1.54, 1.807) is 18.2 Å². The highest BCUT2D eigenvalue weighted by molar-refractivity contribution is 5.93. The average Bonchev–Trinajstić information content (AvgIpc) is 2.44. The van der Waals surface area contributed by atoms with Gasteiger partial charge in [0.2, 0.25) is 5.91 Å². The molecule has 1 rings (SSSR count). The van der Waals surface area contributed by atoms with E-state index in [0.717, 1.165) is 13.0 Å². The molecule has 0 aliphatic carbocycles. The second-order valence-corrected chi connectivity index (χ2v) is 4.53. The van der Waals surface area contributed by atoms with Crippen LogP contribution in [0, 0.1) is 11.3 Å². The molecule has 0 heterocycles. The molecule has 1 amide bonds. The maximum Gasteiger partial charge on any atom is 0.238 e. The van der Waals surface area contributed by atoms with Gasteiger partial charge in [-0.2, -0.15) is 5.26 Å². The second kappa shape index (κ2) is 7.55. The van der Waals surface area contributed by atoms with Crippen molar-refractivity contribution in [3.05, 3.63) is 29.8 Å². The Hall–Kier alpha value is -1.86. The second-order valence-electron chi connectivity index (χ2n) is 4.53. The highest BCUT2D eigenvalue weighted by Gasteiger charge is 2.14. The van der Waals surface area contributed by atoms with Gasteiger partial charge in [0.05, 0.1) is 17.8 Å². The van der Waals surface area contributed by atoms with E-state index in [1.807, 2.05) is 13.0 Å². The third-order valence-corrected chi connectivity index (χ3v) is 3.29. The van der Waals surface area contributed by atoms with Crippen molar-refractivity contribution in [3.8, 4) is 6.07 Å². The van der Waals surface area contributed by atoms with Crippen molar-refractivity contribution in [1.82, 2.24) is 4.90 Å². The molecular formula is C15H21N3O. The Morgan fingerprint density at radius 1 is 1.42 bits per heavy atom. The molecule has 0 spiro atoms. The molecule has 1 unspecified atom stereocenters. The van der Waals surface area contributed by atoms with Crippen molar-refractivity contribution >= 4 is 11.6 Å². The Morgan fingerprint density at radius 2 is 2.11 bits per heavy atom. The third-order valence-electron chi connectivity index (χ3n) is 3.29. The van der Waals surface area contributed by atoms with Crippen molar-refractivity contribution in [3.63, 3.8) is 0 Å². The number of nitrogens with zero attached hydrogens (tertiary/aromatic N) is 2. The standard InChI is InChI=1S/C15H21N3O/c1-4-12(3)18(5-2)11-15(19)17-14-9-7-6-8-13(14)10-16/h6-9,12H,4-5,11H2,1-3H3,(H,17,19). The van der Waals surface area contributed by atoms with Crippen LogP contribution in [-0.2, 0) is 4.79 Å². The molecule has 0 fully saturated rings. The zero-order valence-corrected chi connectivity index (χ0v) is 11.8. The molecule has 0 aliphatic heterocycles. The average molecular weight is 259 g/mol. The SMILES string of the molecule is CCC(C)N(CC)CC(=O)Nc1ccccc1C#N. The lowest BCUT2D eigenvalue weighted by molar-refractivity contribution is -0.117. The number of rotatable bonds is 6. The van der Waals surface area contributed by atoms with Gasteiger partial charge in [0.25, 0.3) is 0 Å². The number of anilines is 1. The maximum atomic E-state index is 12.0. The minimum Gasteiger partial charge on any atom is -0.324 e. The molecule has 1 N–H and O–H groups in total. The van der Waals surface area contributed by atoms with E-state index in [2.05, 4.69) is 30.1 Å². The van der Waals surface area contributed by atoms with Crippen LogP contribution in [0.2, 0.25) is 0 Å². The molecular weight excluding hydrogens is 238 g/mol. The Bertz CT molecular complexity index is 465. The summed E-state index contributed by atoms with van der Waals surface area (Å²) in [6.07, 6.45) is 1.01. The molecule has 0 saturated carbocycles. The van der Waals surface area contributed by atoms with Crippen molar-refractivity contribution in [2.24, 2.45) is 0 Å². The molecule has 19 heavy (non-hydrogen) atoms. The van der Waals surface area contributed by atoms with Crippen LogP contribution in [-0.4, -0.2) is 29.9 Å². The maximum absolute atomic E-state index is 12.0. The van der Waals surface area contributed by atoms with Gasteiger partial charge in [0, 0.05) is 6.04 Å². The predicted octanol–water partition coefficient (Wildman–Crippen LogP) is 2.62. The Kier molecular flexibility index (Phi) is 6.04. The number of amides is 1. The van der Waals surface area contributed by atoms with Crippen LogP contribution >= 0.6 is 0 Å². The summed E-state index contributed by atoms with van der Waals surface area (Å²) in [4.78, 5) is 14.1. The number of para-hydroxylation sites is 1. The van der Waals surface area contributed by atoms with Crippen LogP contribution < -0.4 is 5.32 Å². The van der Waals surface area contributed by atoms with Crippen LogP contribution in [0.1, 0.15) is 32.8 Å². The van der Waals surface area contributed by atoms with E-state index in [-0.39, 0.29) is 5.91 Å². The molecule has 4 nitrogen and oxygen atoms in total. The summed E-state index contributed by atoms with van der Waals surface area (Å²) in [6, 6.07) is 9.48. The van der Waals surface area contributed by atoms with Crippen molar-refractivity contribution in [2.45, 2.75) is 33.2 Å². The lowest BCUT2D eigenvalue weighted by atomic mass is 10.2. The quantitative estimate of drug-likeness (QED) is 0.854. The number of nitriles is 1. The lowest BCUT2D eigenvalue weighted by Gasteiger charge is -2.26. The summed E-state index contributed by atoms with van der Waals surface area (Å²) in [7, 11) is 0.